The van der Waals surface area contributed by atoms with Crippen molar-refractivity contribution in [1.29, 1.82) is 0 Å². The fraction of sp³-hybridized carbons (Fsp3) is 0.421. The van der Waals surface area contributed by atoms with Gasteiger partial charge in [0.2, 0.25) is 0 Å². The maximum atomic E-state index is 12.1. The lowest BCUT2D eigenvalue weighted by molar-refractivity contribution is -0.402. The van der Waals surface area contributed by atoms with Gasteiger partial charge < -0.3 is 24.9 Å². The largest absolute Gasteiger partial charge is 0.433 e. The summed E-state index contributed by atoms with van der Waals surface area (Å²) < 4.78 is 4.87. The van der Waals surface area contributed by atoms with Crippen LogP contribution in [0.2, 0.25) is 0 Å². The van der Waals surface area contributed by atoms with Crippen LogP contribution in [0.15, 0.2) is 34.9 Å². The number of aromatic nitrogens is 1. The smallest absolute Gasteiger partial charge is 0.395 e. The van der Waals surface area contributed by atoms with Gasteiger partial charge in [-0.2, -0.15) is 0 Å². The molecule has 160 valence electrons. The number of carbonyl (C=O) groups is 2. The molecule has 0 aromatic carbocycles. The fourth-order valence-electron chi connectivity index (χ4n) is 3.00. The molecule has 0 spiro atoms. The Balaban J connectivity index is 1.48. The number of urea groups is 1. The van der Waals surface area contributed by atoms with E-state index >= 15 is 0 Å². The summed E-state index contributed by atoms with van der Waals surface area (Å²) in [5.74, 6) is -0.336. The Morgan fingerprint density at radius 3 is 2.50 bits per heavy atom. The van der Waals surface area contributed by atoms with Crippen molar-refractivity contribution in [3.05, 3.63) is 51.9 Å². The van der Waals surface area contributed by atoms with Crippen LogP contribution in [0, 0.1) is 10.1 Å². The summed E-state index contributed by atoms with van der Waals surface area (Å²) in [6, 6.07) is 6.17. The number of piperazine rings is 1. The van der Waals surface area contributed by atoms with E-state index in [2.05, 4.69) is 20.5 Å². The maximum absolute atomic E-state index is 12.1. The van der Waals surface area contributed by atoms with E-state index in [0.29, 0.717) is 26.2 Å². The molecule has 1 fully saturated rings. The Labute approximate surface area is 173 Å². The monoisotopic (exact) mass is 416 g/mol. The van der Waals surface area contributed by atoms with Gasteiger partial charge >= 0.3 is 11.9 Å². The van der Waals surface area contributed by atoms with Crippen LogP contribution in [0.25, 0.3) is 0 Å². The number of amides is 3. The molecule has 2 aromatic rings. The number of hydrogen-bond donors (Lipinski definition) is 2. The second kappa shape index (κ2) is 9.25. The molecule has 3 heterocycles. The molecule has 3 rings (SSSR count). The van der Waals surface area contributed by atoms with Gasteiger partial charge in [0.05, 0.1) is 6.07 Å². The van der Waals surface area contributed by atoms with Crippen molar-refractivity contribution in [3.63, 3.8) is 0 Å². The lowest BCUT2D eigenvalue weighted by Gasteiger charge is -2.35. The van der Waals surface area contributed by atoms with Gasteiger partial charge in [-0.3, -0.25) is 14.9 Å². The lowest BCUT2D eigenvalue weighted by Crippen LogP contribution is -2.53. The summed E-state index contributed by atoms with van der Waals surface area (Å²) in [4.78, 5) is 42.3. The molecule has 30 heavy (non-hydrogen) atoms. The van der Waals surface area contributed by atoms with E-state index in [0.717, 1.165) is 17.4 Å². The van der Waals surface area contributed by atoms with Crippen molar-refractivity contribution in [1.82, 2.24) is 20.5 Å². The summed E-state index contributed by atoms with van der Waals surface area (Å²) >= 11 is 0. The van der Waals surface area contributed by atoms with Crippen molar-refractivity contribution in [2.24, 2.45) is 0 Å². The van der Waals surface area contributed by atoms with Crippen molar-refractivity contribution in [3.8, 4) is 0 Å². The standard InChI is InChI=1S/C19H24N6O5/c1-13(2)22-19(27)24-9-7-23(8-10-24)16-5-3-14(11-20-16)12-21-18(26)15-4-6-17(30-15)25(28)29/h3-6,11,13H,7-10,12H2,1-2H3,(H,21,26)(H,22,27). The minimum Gasteiger partial charge on any atom is -0.395 e. The molecule has 11 heteroatoms. The topological polar surface area (TPSA) is 134 Å². The normalized spacial score (nSPS) is 14.0. The van der Waals surface area contributed by atoms with E-state index in [1.165, 1.54) is 6.07 Å². The average molecular weight is 416 g/mol. The highest BCUT2D eigenvalue weighted by molar-refractivity contribution is 5.91. The number of carbonyl (C=O) groups excluding carboxylic acids is 2. The van der Waals surface area contributed by atoms with Gasteiger partial charge in [-0.05, 0) is 31.5 Å². The first-order chi connectivity index (χ1) is 14.3. The van der Waals surface area contributed by atoms with Crippen LogP contribution < -0.4 is 15.5 Å². The number of pyridine rings is 1. The van der Waals surface area contributed by atoms with E-state index < -0.39 is 16.7 Å². The Kier molecular flexibility index (Phi) is 6.50. The zero-order chi connectivity index (χ0) is 21.7. The Bertz CT molecular complexity index is 902. The highest BCUT2D eigenvalue weighted by atomic mass is 16.6. The molecule has 1 aliphatic heterocycles. The molecule has 2 N–H and O–H groups in total. The highest BCUT2D eigenvalue weighted by Crippen LogP contribution is 2.16. The molecule has 0 atom stereocenters. The highest BCUT2D eigenvalue weighted by Gasteiger charge is 2.22. The van der Waals surface area contributed by atoms with Gasteiger partial charge in [0.15, 0.2) is 5.76 Å². The molecular formula is C19H24N6O5. The molecule has 3 amide bonds. The van der Waals surface area contributed by atoms with E-state index in [4.69, 9.17) is 4.42 Å². The first-order valence-corrected chi connectivity index (χ1v) is 9.61. The molecule has 1 saturated heterocycles. The second-order valence-electron chi connectivity index (χ2n) is 7.18. The van der Waals surface area contributed by atoms with Gasteiger partial charge in [0.1, 0.15) is 10.7 Å². The van der Waals surface area contributed by atoms with Crippen molar-refractivity contribution in [2.75, 3.05) is 31.1 Å². The summed E-state index contributed by atoms with van der Waals surface area (Å²) in [6.07, 6.45) is 1.66. The fourth-order valence-corrected chi connectivity index (χ4v) is 3.00. The first kappa shape index (κ1) is 21.1. The summed E-state index contributed by atoms with van der Waals surface area (Å²) in [7, 11) is 0. The maximum Gasteiger partial charge on any atom is 0.433 e. The van der Waals surface area contributed by atoms with Crippen LogP contribution >= 0.6 is 0 Å². The number of furan rings is 1. The molecule has 0 aliphatic carbocycles. The molecule has 0 bridgehead atoms. The molecule has 0 saturated carbocycles. The van der Waals surface area contributed by atoms with Crippen LogP contribution in [0.3, 0.4) is 0 Å². The van der Waals surface area contributed by atoms with Gasteiger partial charge in [-0.15, -0.1) is 0 Å². The van der Waals surface area contributed by atoms with E-state index in [1.807, 2.05) is 26.0 Å². The third kappa shape index (κ3) is 5.25. The quantitative estimate of drug-likeness (QED) is 0.541. The Morgan fingerprint density at radius 1 is 1.20 bits per heavy atom. The lowest BCUT2D eigenvalue weighted by atomic mass is 10.2. The first-order valence-electron chi connectivity index (χ1n) is 9.61. The number of rotatable bonds is 6. The number of hydrogen-bond acceptors (Lipinski definition) is 7. The van der Waals surface area contributed by atoms with Gasteiger partial charge in [0, 0.05) is 45.0 Å². The molecule has 1 aliphatic rings. The van der Waals surface area contributed by atoms with Gasteiger partial charge in [0.25, 0.3) is 5.91 Å². The number of nitrogens with zero attached hydrogens (tertiary/aromatic N) is 4. The summed E-state index contributed by atoms with van der Waals surface area (Å²) in [6.45, 7) is 6.68. The molecule has 0 radical (unpaired) electrons. The third-order valence-electron chi connectivity index (χ3n) is 4.56. The van der Waals surface area contributed by atoms with Gasteiger partial charge in [-0.1, -0.05) is 6.07 Å². The second-order valence-corrected chi connectivity index (χ2v) is 7.18. The molecule has 2 aromatic heterocycles. The Morgan fingerprint density at radius 2 is 1.93 bits per heavy atom. The van der Waals surface area contributed by atoms with Crippen LogP contribution in [0.5, 0.6) is 0 Å². The SMILES string of the molecule is CC(C)NC(=O)N1CCN(c2ccc(CNC(=O)c3ccc([N+](=O)[O-])o3)cn2)CC1. The zero-order valence-corrected chi connectivity index (χ0v) is 16.8. The van der Waals surface area contributed by atoms with Crippen LogP contribution in [-0.4, -0.2) is 59.0 Å². The third-order valence-corrected chi connectivity index (χ3v) is 4.56. The summed E-state index contributed by atoms with van der Waals surface area (Å²) in [5, 5.41) is 16.2. The van der Waals surface area contributed by atoms with E-state index in [1.54, 1.807) is 11.1 Å². The van der Waals surface area contributed by atoms with Gasteiger partial charge in [-0.25, -0.2) is 9.78 Å². The van der Waals surface area contributed by atoms with Crippen molar-refractivity contribution in [2.45, 2.75) is 26.4 Å². The average Bonchev–Trinajstić information content (AvgIpc) is 3.23. The van der Waals surface area contributed by atoms with Crippen molar-refractivity contribution >= 4 is 23.6 Å². The van der Waals surface area contributed by atoms with Crippen molar-refractivity contribution < 1.29 is 18.9 Å². The molecule has 11 nitrogen and oxygen atoms in total. The predicted octanol–water partition coefficient (Wildman–Crippen LogP) is 1.75. The number of nitro groups is 1. The van der Waals surface area contributed by atoms with Crippen LogP contribution in [-0.2, 0) is 6.54 Å². The van der Waals surface area contributed by atoms with E-state index in [-0.39, 0.29) is 24.4 Å². The zero-order valence-electron chi connectivity index (χ0n) is 16.8. The van der Waals surface area contributed by atoms with E-state index in [9.17, 15) is 19.7 Å². The molecular weight excluding hydrogens is 392 g/mol. The summed E-state index contributed by atoms with van der Waals surface area (Å²) in [5.41, 5.74) is 0.781. The number of nitrogens with one attached hydrogen (secondary N) is 2. The minimum atomic E-state index is -0.698. The molecule has 0 unspecified atom stereocenters. The predicted molar refractivity (Wildman–Crippen MR) is 108 cm³/mol. The number of anilines is 1. The van der Waals surface area contributed by atoms with Crippen LogP contribution in [0.1, 0.15) is 30.0 Å². The van der Waals surface area contributed by atoms with Crippen LogP contribution in [0.4, 0.5) is 16.5 Å². The Hall–Kier alpha value is -3.63. The minimum absolute atomic E-state index is 0.0504.